The number of aryl methyl sites for hydroxylation is 1. The maximum Gasteiger partial charge on any atom is 0.296 e. The van der Waals surface area contributed by atoms with Gasteiger partial charge in [0.15, 0.2) is 0 Å². The topological polar surface area (TPSA) is 90.0 Å². The van der Waals surface area contributed by atoms with Crippen LogP contribution in [0.4, 0.5) is 5.69 Å². The van der Waals surface area contributed by atoms with Crippen LogP contribution in [0.2, 0.25) is 5.02 Å². The summed E-state index contributed by atoms with van der Waals surface area (Å²) in [6.07, 6.45) is 2.19. The number of nitrogens with one attached hydrogen (secondary N) is 1. The Morgan fingerprint density at radius 2 is 1.80 bits per heavy atom. The minimum atomic E-state index is -4.49. The highest BCUT2D eigenvalue weighted by atomic mass is 35.5. The molecule has 7 nitrogen and oxygen atoms in total. The predicted octanol–water partition coefficient (Wildman–Crippen LogP) is 4.59. The lowest BCUT2D eigenvalue weighted by Crippen LogP contribution is -2.57. The summed E-state index contributed by atoms with van der Waals surface area (Å²) < 4.78 is 34.5. The number of carbonyl (C=O) groups is 1. The number of thioether (sulfide) groups is 1. The number of halogens is 1. The molecule has 1 amide bonds. The second-order valence-electron chi connectivity index (χ2n) is 9.47. The highest BCUT2D eigenvalue weighted by molar-refractivity contribution is 8.04. The van der Waals surface area contributed by atoms with Gasteiger partial charge in [0.2, 0.25) is 0 Å². The number of anilines is 1. The van der Waals surface area contributed by atoms with Crippen molar-refractivity contribution in [3.8, 4) is 0 Å². The lowest BCUT2D eigenvalue weighted by molar-refractivity contribution is -0.118. The van der Waals surface area contributed by atoms with Crippen molar-refractivity contribution >= 4 is 45.1 Å². The average molecular weight is 534 g/mol. The van der Waals surface area contributed by atoms with Crippen LogP contribution in [-0.4, -0.2) is 49.5 Å². The molecule has 2 bridgehead atoms. The highest BCUT2D eigenvalue weighted by Gasteiger charge is 2.40. The molecule has 0 aliphatic carbocycles. The Hall–Kier alpha value is -2.04. The molecule has 2 N–H and O–H groups in total. The maximum absolute atomic E-state index is 13.5. The molecule has 0 radical (unpaired) electrons. The van der Waals surface area contributed by atoms with Crippen LogP contribution in [0.5, 0.6) is 0 Å². The number of nitrogens with zero attached hydrogens (tertiary/aromatic N) is 2. The van der Waals surface area contributed by atoms with Crippen LogP contribution in [0.3, 0.4) is 0 Å². The monoisotopic (exact) mass is 533 g/mol. The predicted molar refractivity (Wildman–Crippen MR) is 139 cm³/mol. The van der Waals surface area contributed by atoms with E-state index in [9.17, 15) is 17.8 Å². The van der Waals surface area contributed by atoms with Gasteiger partial charge < -0.3 is 15.1 Å². The molecule has 4 aliphatic rings. The Morgan fingerprint density at radius 1 is 1.11 bits per heavy atom. The maximum atomic E-state index is 13.5. The third-order valence-corrected chi connectivity index (χ3v) is 9.72. The lowest BCUT2D eigenvalue weighted by Gasteiger charge is -2.44. The Labute approximate surface area is 215 Å². The summed E-state index contributed by atoms with van der Waals surface area (Å²) in [5.41, 5.74) is 2.68. The molecule has 4 heterocycles. The van der Waals surface area contributed by atoms with Gasteiger partial charge in [-0.3, -0.25) is 9.35 Å². The van der Waals surface area contributed by atoms with Crippen molar-refractivity contribution in [1.82, 2.24) is 10.2 Å². The van der Waals surface area contributed by atoms with Gasteiger partial charge in [-0.1, -0.05) is 41.6 Å². The lowest BCUT2D eigenvalue weighted by atomic mass is 9.84. The van der Waals surface area contributed by atoms with Gasteiger partial charge in [-0.05, 0) is 81.1 Å². The van der Waals surface area contributed by atoms with Crippen LogP contribution in [0, 0.1) is 12.8 Å². The quantitative estimate of drug-likeness (QED) is 0.543. The minimum Gasteiger partial charge on any atom is -0.347 e. The normalized spacial score (nSPS) is 26.3. The zero-order valence-corrected chi connectivity index (χ0v) is 22.0. The molecule has 2 aromatic rings. The number of hydrogen-bond acceptors (Lipinski definition) is 6. The second-order valence-corrected chi connectivity index (χ2v) is 12.4. The molecule has 0 aromatic heterocycles. The summed E-state index contributed by atoms with van der Waals surface area (Å²) in [6, 6.07) is 12.2. The van der Waals surface area contributed by atoms with Gasteiger partial charge in [0.05, 0.1) is 10.6 Å². The van der Waals surface area contributed by atoms with Crippen LogP contribution in [0.1, 0.15) is 36.3 Å². The fourth-order valence-electron chi connectivity index (χ4n) is 5.30. The van der Waals surface area contributed by atoms with Gasteiger partial charge in [0.25, 0.3) is 16.0 Å². The number of amides is 1. The third kappa shape index (κ3) is 4.84. The van der Waals surface area contributed by atoms with Gasteiger partial charge in [-0.25, -0.2) is 0 Å². The molecular formula is C25H28ClN3O4S2. The summed E-state index contributed by atoms with van der Waals surface area (Å²) in [7, 11) is -4.49. The van der Waals surface area contributed by atoms with Crippen LogP contribution in [0.25, 0.3) is 0 Å². The molecule has 0 saturated carbocycles. The van der Waals surface area contributed by atoms with Crippen molar-refractivity contribution in [1.29, 1.82) is 0 Å². The molecule has 3 fully saturated rings. The van der Waals surface area contributed by atoms with E-state index in [1.54, 1.807) is 24.3 Å². The number of fused-ring (bicyclic) bond motifs is 3. The molecule has 10 heteroatoms. The SMILES string of the molecule is CC1=C(C(=O)N[C@H]2CN3CCC2CC3)SC(c2ccc(Cl)cc2)N1c1cc(C)ccc1S(=O)(=O)O. The summed E-state index contributed by atoms with van der Waals surface area (Å²) in [6.45, 7) is 6.72. The zero-order chi connectivity index (χ0) is 24.9. The van der Waals surface area contributed by atoms with E-state index in [-0.39, 0.29) is 16.8 Å². The minimum absolute atomic E-state index is 0.112. The van der Waals surface area contributed by atoms with Crippen LogP contribution >= 0.6 is 23.4 Å². The first kappa shape index (κ1) is 24.6. The van der Waals surface area contributed by atoms with Crippen molar-refractivity contribution < 1.29 is 17.8 Å². The fraction of sp³-hybridized carbons (Fsp3) is 0.400. The standard InChI is InChI=1S/C25H28ClN3O4S2/c1-15-3-8-22(35(31,32)33)21(13-15)29-16(2)23(34-25(29)18-4-6-19(26)7-5-18)24(30)27-20-14-28-11-9-17(20)10-12-28/h3-8,13,17,20,25H,9-12,14H2,1-2H3,(H,27,30)(H,31,32,33)/t20-,25?/m0/s1. The Kier molecular flexibility index (Phi) is 6.65. The summed E-state index contributed by atoms with van der Waals surface area (Å²) in [4.78, 5) is 18.1. The molecule has 2 aromatic carbocycles. The molecular weight excluding hydrogens is 506 g/mol. The van der Waals surface area contributed by atoms with Crippen LogP contribution in [-0.2, 0) is 14.9 Å². The number of allylic oxidation sites excluding steroid dienone is 1. The van der Waals surface area contributed by atoms with E-state index < -0.39 is 15.5 Å². The fourth-order valence-corrected chi connectivity index (χ4v) is 7.42. The third-order valence-electron chi connectivity index (χ3n) is 7.14. The molecule has 1 unspecified atom stereocenters. The van der Waals surface area contributed by atoms with E-state index in [1.165, 1.54) is 17.8 Å². The Morgan fingerprint density at radius 3 is 2.40 bits per heavy atom. The van der Waals surface area contributed by atoms with Crippen LogP contribution < -0.4 is 10.2 Å². The number of hydrogen-bond donors (Lipinski definition) is 2. The van der Waals surface area contributed by atoms with E-state index in [4.69, 9.17) is 11.6 Å². The van der Waals surface area contributed by atoms with Gasteiger partial charge in [0, 0.05) is 23.3 Å². The zero-order valence-electron chi connectivity index (χ0n) is 19.6. The van der Waals surface area contributed by atoms with Gasteiger partial charge in [0.1, 0.15) is 10.3 Å². The molecule has 35 heavy (non-hydrogen) atoms. The second kappa shape index (κ2) is 9.44. The smallest absolute Gasteiger partial charge is 0.296 e. The van der Waals surface area contributed by atoms with Crippen molar-refractivity contribution in [2.24, 2.45) is 5.92 Å². The molecule has 2 atom stereocenters. The number of piperidine rings is 3. The van der Waals surface area contributed by atoms with E-state index in [0.29, 0.717) is 27.2 Å². The van der Waals surface area contributed by atoms with E-state index in [1.807, 2.05) is 30.9 Å². The largest absolute Gasteiger partial charge is 0.347 e. The number of benzene rings is 2. The molecule has 4 aliphatic heterocycles. The number of rotatable bonds is 5. The van der Waals surface area contributed by atoms with E-state index in [0.717, 1.165) is 43.6 Å². The first-order valence-electron chi connectivity index (χ1n) is 11.7. The Balaban J connectivity index is 1.55. The molecule has 0 spiro atoms. The molecule has 3 saturated heterocycles. The van der Waals surface area contributed by atoms with Crippen molar-refractivity contribution in [2.75, 3.05) is 24.5 Å². The highest BCUT2D eigenvalue weighted by Crippen LogP contribution is 2.51. The van der Waals surface area contributed by atoms with Crippen LogP contribution in [0.15, 0.2) is 58.0 Å². The first-order valence-corrected chi connectivity index (χ1v) is 14.3. The van der Waals surface area contributed by atoms with Gasteiger partial charge >= 0.3 is 0 Å². The Bertz CT molecular complexity index is 1290. The molecule has 6 rings (SSSR count). The van der Waals surface area contributed by atoms with Crippen molar-refractivity contribution in [3.05, 3.63) is 69.2 Å². The summed E-state index contributed by atoms with van der Waals surface area (Å²) in [5.74, 6) is 0.344. The summed E-state index contributed by atoms with van der Waals surface area (Å²) in [5, 5.41) is 3.44. The van der Waals surface area contributed by atoms with E-state index in [2.05, 4.69) is 10.2 Å². The summed E-state index contributed by atoms with van der Waals surface area (Å²) >= 11 is 7.50. The first-order chi connectivity index (χ1) is 16.6. The van der Waals surface area contributed by atoms with Gasteiger partial charge in [-0.2, -0.15) is 8.42 Å². The van der Waals surface area contributed by atoms with Crippen molar-refractivity contribution in [2.45, 2.75) is 43.0 Å². The van der Waals surface area contributed by atoms with E-state index >= 15 is 0 Å². The number of carbonyl (C=O) groups excluding carboxylic acids is 1. The van der Waals surface area contributed by atoms with Gasteiger partial charge in [-0.15, -0.1) is 0 Å². The molecule has 186 valence electrons. The average Bonchev–Trinajstić information content (AvgIpc) is 3.16. The van der Waals surface area contributed by atoms with Crippen molar-refractivity contribution in [3.63, 3.8) is 0 Å².